The monoisotopic (exact) mass is 264 g/mol. The molecule has 1 atom stereocenters. The van der Waals surface area contributed by atoms with Gasteiger partial charge in [-0.3, -0.25) is 0 Å². The molecule has 1 N–H and O–H groups in total. The summed E-state index contributed by atoms with van der Waals surface area (Å²) in [4.78, 5) is 0. The molecule has 0 saturated carbocycles. The molecule has 1 aromatic rings. The number of hydrogen-bond donors (Lipinski definition) is 1. The van der Waals surface area contributed by atoms with Crippen LogP contribution in [0, 0.1) is 0 Å². The van der Waals surface area contributed by atoms with Gasteiger partial charge >= 0.3 is 0 Å². The Bertz CT molecular complexity index is 411. The first-order valence-corrected chi connectivity index (χ1v) is 6.92. The van der Waals surface area contributed by atoms with E-state index in [0.717, 1.165) is 25.0 Å². The van der Waals surface area contributed by atoms with Crippen LogP contribution in [0.25, 0.3) is 0 Å². The molecule has 3 heteroatoms. The predicted molar refractivity (Wildman–Crippen MR) is 75.5 cm³/mol. The van der Waals surface area contributed by atoms with E-state index < -0.39 is 5.60 Å². The van der Waals surface area contributed by atoms with E-state index in [-0.39, 0.29) is 5.60 Å². The van der Waals surface area contributed by atoms with Gasteiger partial charge in [-0.2, -0.15) is 0 Å². The zero-order valence-corrected chi connectivity index (χ0v) is 12.1. The molecular formula is C16H24O3. The number of methoxy groups -OCH3 is 1. The van der Waals surface area contributed by atoms with E-state index >= 15 is 0 Å². The van der Waals surface area contributed by atoms with Crippen LogP contribution >= 0.6 is 0 Å². The maximum absolute atomic E-state index is 10.7. The fourth-order valence-corrected chi connectivity index (χ4v) is 2.83. The highest BCUT2D eigenvalue weighted by Crippen LogP contribution is 2.35. The molecule has 19 heavy (non-hydrogen) atoms. The van der Waals surface area contributed by atoms with Gasteiger partial charge < -0.3 is 14.6 Å². The molecule has 1 aliphatic heterocycles. The van der Waals surface area contributed by atoms with Gasteiger partial charge in [-0.25, -0.2) is 0 Å². The summed E-state index contributed by atoms with van der Waals surface area (Å²) in [5.41, 5.74) is 0.424. The van der Waals surface area contributed by atoms with E-state index in [4.69, 9.17) is 9.47 Å². The second-order valence-electron chi connectivity index (χ2n) is 6.11. The lowest BCUT2D eigenvalue weighted by Crippen LogP contribution is -2.46. The highest BCUT2D eigenvalue weighted by molar-refractivity contribution is 5.27. The van der Waals surface area contributed by atoms with Crippen LogP contribution in [0.5, 0.6) is 5.75 Å². The highest BCUT2D eigenvalue weighted by Gasteiger charge is 2.38. The maximum Gasteiger partial charge on any atom is 0.118 e. The smallest absolute Gasteiger partial charge is 0.118 e. The molecule has 0 radical (unpaired) electrons. The Morgan fingerprint density at radius 1 is 1.26 bits per heavy atom. The molecule has 1 heterocycles. The molecule has 0 amide bonds. The quantitative estimate of drug-likeness (QED) is 0.908. The van der Waals surface area contributed by atoms with Gasteiger partial charge in [-0.15, -0.1) is 0 Å². The summed E-state index contributed by atoms with van der Waals surface area (Å²) >= 11 is 0. The molecule has 1 fully saturated rings. The molecule has 1 saturated heterocycles. The van der Waals surface area contributed by atoms with Crippen LogP contribution in [0.15, 0.2) is 24.3 Å². The third-order valence-electron chi connectivity index (χ3n) is 3.85. The number of rotatable bonds is 4. The van der Waals surface area contributed by atoms with Crippen molar-refractivity contribution >= 4 is 0 Å². The minimum absolute atomic E-state index is 0.215. The normalized spacial score (nSPS) is 26.1. The van der Waals surface area contributed by atoms with Gasteiger partial charge in [0.25, 0.3) is 0 Å². The van der Waals surface area contributed by atoms with Gasteiger partial charge in [0, 0.05) is 6.42 Å². The Hall–Kier alpha value is -1.06. The zero-order chi connectivity index (χ0) is 13.9. The molecule has 1 aromatic carbocycles. The molecular weight excluding hydrogens is 240 g/mol. The zero-order valence-electron chi connectivity index (χ0n) is 12.1. The summed E-state index contributed by atoms with van der Waals surface area (Å²) in [6.07, 6.45) is 3.10. The molecule has 0 spiro atoms. The first-order valence-electron chi connectivity index (χ1n) is 6.92. The van der Waals surface area contributed by atoms with Gasteiger partial charge in [0.1, 0.15) is 5.75 Å². The number of benzene rings is 1. The van der Waals surface area contributed by atoms with Crippen molar-refractivity contribution in [1.29, 1.82) is 0 Å². The van der Waals surface area contributed by atoms with Crippen LogP contribution in [0.3, 0.4) is 0 Å². The van der Waals surface area contributed by atoms with E-state index in [9.17, 15) is 5.11 Å². The third kappa shape index (κ3) is 3.95. The lowest BCUT2D eigenvalue weighted by molar-refractivity contribution is -0.146. The van der Waals surface area contributed by atoms with Crippen molar-refractivity contribution < 1.29 is 14.6 Å². The summed E-state index contributed by atoms with van der Waals surface area (Å²) in [5, 5.41) is 10.7. The van der Waals surface area contributed by atoms with Crippen LogP contribution < -0.4 is 4.74 Å². The fourth-order valence-electron chi connectivity index (χ4n) is 2.83. The molecule has 1 unspecified atom stereocenters. The van der Waals surface area contributed by atoms with E-state index in [1.165, 1.54) is 5.56 Å². The summed E-state index contributed by atoms with van der Waals surface area (Å²) in [5.74, 6) is 0.870. The van der Waals surface area contributed by atoms with Crippen molar-refractivity contribution in [2.75, 3.05) is 13.7 Å². The summed E-state index contributed by atoms with van der Waals surface area (Å²) in [7, 11) is 1.67. The topological polar surface area (TPSA) is 38.7 Å². The fraction of sp³-hybridized carbons (Fsp3) is 0.625. The number of ether oxygens (including phenoxy) is 2. The average molecular weight is 264 g/mol. The van der Waals surface area contributed by atoms with E-state index in [2.05, 4.69) is 12.1 Å². The first kappa shape index (κ1) is 14.4. The van der Waals surface area contributed by atoms with Crippen molar-refractivity contribution in [2.45, 2.75) is 50.7 Å². The van der Waals surface area contributed by atoms with E-state index in [1.807, 2.05) is 26.0 Å². The molecule has 0 bridgehead atoms. The van der Waals surface area contributed by atoms with E-state index in [0.29, 0.717) is 13.0 Å². The SMILES string of the molecule is COc1ccc(CCC2(O)CCOC(C)(C)C2)cc1. The highest BCUT2D eigenvalue weighted by atomic mass is 16.5. The number of hydrogen-bond acceptors (Lipinski definition) is 3. The number of aliphatic hydroxyl groups is 1. The van der Waals surface area contributed by atoms with Gasteiger partial charge in [0.2, 0.25) is 0 Å². The largest absolute Gasteiger partial charge is 0.497 e. The molecule has 1 aliphatic rings. The lowest BCUT2D eigenvalue weighted by atomic mass is 9.80. The third-order valence-corrected chi connectivity index (χ3v) is 3.85. The predicted octanol–water partition coefficient (Wildman–Crippen LogP) is 2.95. The van der Waals surface area contributed by atoms with Gasteiger partial charge in [0.05, 0.1) is 24.9 Å². The van der Waals surface area contributed by atoms with Crippen molar-refractivity contribution in [3.05, 3.63) is 29.8 Å². The van der Waals surface area contributed by atoms with Gasteiger partial charge in [-0.05, 0) is 50.8 Å². The summed E-state index contributed by atoms with van der Waals surface area (Å²) in [6.45, 7) is 4.74. The molecule has 2 rings (SSSR count). The minimum Gasteiger partial charge on any atom is -0.497 e. The Morgan fingerprint density at radius 2 is 1.95 bits per heavy atom. The maximum atomic E-state index is 10.7. The lowest BCUT2D eigenvalue weighted by Gasteiger charge is -2.41. The van der Waals surface area contributed by atoms with Crippen LogP contribution in [0.2, 0.25) is 0 Å². The van der Waals surface area contributed by atoms with Gasteiger partial charge in [0.15, 0.2) is 0 Å². The first-order chi connectivity index (χ1) is 8.92. The van der Waals surface area contributed by atoms with Crippen molar-refractivity contribution in [3.8, 4) is 5.75 Å². The molecule has 0 aliphatic carbocycles. The van der Waals surface area contributed by atoms with E-state index in [1.54, 1.807) is 7.11 Å². The van der Waals surface area contributed by atoms with Crippen molar-refractivity contribution in [2.24, 2.45) is 0 Å². The van der Waals surface area contributed by atoms with Crippen LogP contribution in [0.1, 0.15) is 38.7 Å². The van der Waals surface area contributed by atoms with Crippen LogP contribution in [0.4, 0.5) is 0 Å². The second-order valence-corrected chi connectivity index (χ2v) is 6.11. The Kier molecular flexibility index (Phi) is 4.16. The molecule has 0 aromatic heterocycles. The summed E-state index contributed by atoms with van der Waals surface area (Å²) < 4.78 is 10.8. The molecule has 106 valence electrons. The molecule has 3 nitrogen and oxygen atoms in total. The number of aryl methyl sites for hydroxylation is 1. The van der Waals surface area contributed by atoms with Gasteiger partial charge in [-0.1, -0.05) is 12.1 Å². The average Bonchev–Trinajstić information content (AvgIpc) is 2.35. The standard InChI is InChI=1S/C16H24O3/c1-15(2)12-16(17,10-11-19-15)9-8-13-4-6-14(18-3)7-5-13/h4-7,17H,8-12H2,1-3H3. The Labute approximate surface area is 115 Å². The van der Waals surface area contributed by atoms with Crippen LogP contribution in [-0.2, 0) is 11.2 Å². The Morgan fingerprint density at radius 3 is 2.53 bits per heavy atom. The van der Waals surface area contributed by atoms with Crippen molar-refractivity contribution in [3.63, 3.8) is 0 Å². The second kappa shape index (κ2) is 5.51. The van der Waals surface area contributed by atoms with Crippen LogP contribution in [-0.4, -0.2) is 30.0 Å². The minimum atomic E-state index is -0.596. The summed E-state index contributed by atoms with van der Waals surface area (Å²) in [6, 6.07) is 8.06. The van der Waals surface area contributed by atoms with Crippen molar-refractivity contribution in [1.82, 2.24) is 0 Å². The Balaban J connectivity index is 1.93.